The summed E-state index contributed by atoms with van der Waals surface area (Å²) in [4.78, 5) is 10.7. The van der Waals surface area contributed by atoms with E-state index in [4.69, 9.17) is 9.47 Å². The molecule has 1 N–H and O–H groups in total. The highest BCUT2D eigenvalue weighted by Crippen LogP contribution is 2.20. The standard InChI is InChI=1S/C11H17N3O3S/c1-16-11-6-14(5-8(7-15)17-11)9-3-12-4-10(13-9)18-2/h3-4,8,11,15H,5-7H2,1-2H3/t8-,11-/m0/s1. The Balaban J connectivity index is 2.14. The van der Waals surface area contributed by atoms with Crippen LogP contribution in [-0.2, 0) is 9.47 Å². The second-order valence-electron chi connectivity index (χ2n) is 3.93. The van der Waals surface area contributed by atoms with E-state index in [1.165, 1.54) is 0 Å². The molecule has 2 atom stereocenters. The van der Waals surface area contributed by atoms with Gasteiger partial charge in [0.15, 0.2) is 6.29 Å². The number of rotatable bonds is 4. The van der Waals surface area contributed by atoms with E-state index in [9.17, 15) is 5.11 Å². The molecule has 18 heavy (non-hydrogen) atoms. The number of aliphatic hydroxyl groups is 1. The van der Waals surface area contributed by atoms with Crippen LogP contribution in [0.3, 0.4) is 0 Å². The third kappa shape index (κ3) is 3.11. The van der Waals surface area contributed by atoms with Crippen LogP contribution < -0.4 is 4.90 Å². The zero-order chi connectivity index (χ0) is 13.0. The van der Waals surface area contributed by atoms with Crippen molar-refractivity contribution in [2.75, 3.05) is 38.0 Å². The lowest BCUT2D eigenvalue weighted by atomic mass is 10.3. The molecule has 1 aromatic rings. The van der Waals surface area contributed by atoms with Crippen LogP contribution in [0, 0.1) is 0 Å². The molecule has 7 heteroatoms. The van der Waals surface area contributed by atoms with Crippen molar-refractivity contribution in [2.24, 2.45) is 0 Å². The highest BCUT2D eigenvalue weighted by molar-refractivity contribution is 7.98. The van der Waals surface area contributed by atoms with Crippen molar-refractivity contribution in [3.8, 4) is 0 Å². The number of aromatic nitrogens is 2. The Morgan fingerprint density at radius 2 is 2.39 bits per heavy atom. The molecule has 1 saturated heterocycles. The molecule has 2 heterocycles. The molecule has 0 spiro atoms. The van der Waals surface area contributed by atoms with Gasteiger partial charge in [-0.15, -0.1) is 11.8 Å². The summed E-state index contributed by atoms with van der Waals surface area (Å²) >= 11 is 1.55. The fourth-order valence-corrected chi connectivity index (χ4v) is 2.16. The summed E-state index contributed by atoms with van der Waals surface area (Å²) in [5.74, 6) is 0.783. The van der Waals surface area contributed by atoms with E-state index in [1.807, 2.05) is 11.2 Å². The number of aliphatic hydroxyl groups excluding tert-OH is 1. The maximum absolute atomic E-state index is 9.22. The summed E-state index contributed by atoms with van der Waals surface area (Å²) < 4.78 is 10.7. The van der Waals surface area contributed by atoms with Crippen molar-refractivity contribution >= 4 is 17.6 Å². The second-order valence-corrected chi connectivity index (χ2v) is 4.76. The highest BCUT2D eigenvalue weighted by atomic mass is 32.2. The van der Waals surface area contributed by atoms with E-state index < -0.39 is 0 Å². The smallest absolute Gasteiger partial charge is 0.175 e. The zero-order valence-corrected chi connectivity index (χ0v) is 11.3. The lowest BCUT2D eigenvalue weighted by Crippen LogP contribution is -2.50. The number of methoxy groups -OCH3 is 1. The van der Waals surface area contributed by atoms with Gasteiger partial charge < -0.3 is 19.5 Å². The first-order valence-corrected chi connectivity index (χ1v) is 6.89. The predicted octanol–water partition coefficient (Wildman–Crippen LogP) is 0.369. The van der Waals surface area contributed by atoms with Crippen molar-refractivity contribution in [3.05, 3.63) is 12.4 Å². The van der Waals surface area contributed by atoms with E-state index in [2.05, 4.69) is 9.97 Å². The van der Waals surface area contributed by atoms with Crippen molar-refractivity contribution in [1.29, 1.82) is 0 Å². The Bertz CT molecular complexity index is 382. The molecule has 0 radical (unpaired) electrons. The molecule has 1 aliphatic heterocycles. The number of thioether (sulfide) groups is 1. The summed E-state index contributed by atoms with van der Waals surface area (Å²) in [5.41, 5.74) is 0. The summed E-state index contributed by atoms with van der Waals surface area (Å²) in [6, 6.07) is 0. The first-order valence-electron chi connectivity index (χ1n) is 5.67. The van der Waals surface area contributed by atoms with Crippen LogP contribution in [0.5, 0.6) is 0 Å². The van der Waals surface area contributed by atoms with Gasteiger partial charge in [-0.05, 0) is 6.26 Å². The first-order chi connectivity index (χ1) is 8.76. The number of hydrogen-bond acceptors (Lipinski definition) is 7. The second kappa shape index (κ2) is 6.33. The molecule has 1 aromatic heterocycles. The lowest BCUT2D eigenvalue weighted by Gasteiger charge is -2.37. The molecule has 0 bridgehead atoms. The quantitative estimate of drug-likeness (QED) is 0.793. The van der Waals surface area contributed by atoms with Gasteiger partial charge in [-0.1, -0.05) is 0 Å². The molecule has 0 aromatic carbocycles. The zero-order valence-electron chi connectivity index (χ0n) is 10.4. The normalized spacial score (nSPS) is 24.3. The van der Waals surface area contributed by atoms with Crippen molar-refractivity contribution in [3.63, 3.8) is 0 Å². The van der Waals surface area contributed by atoms with Crippen LogP contribution in [0.15, 0.2) is 17.4 Å². The fraction of sp³-hybridized carbons (Fsp3) is 0.636. The highest BCUT2D eigenvalue weighted by Gasteiger charge is 2.28. The van der Waals surface area contributed by atoms with Gasteiger partial charge in [0, 0.05) is 13.7 Å². The Labute approximate surface area is 110 Å². The molecule has 0 unspecified atom stereocenters. The molecule has 0 amide bonds. The van der Waals surface area contributed by atoms with E-state index in [0.29, 0.717) is 13.1 Å². The van der Waals surface area contributed by atoms with E-state index in [0.717, 1.165) is 10.8 Å². The maximum Gasteiger partial charge on any atom is 0.175 e. The number of nitrogens with zero attached hydrogens (tertiary/aromatic N) is 3. The van der Waals surface area contributed by atoms with Gasteiger partial charge in [0.1, 0.15) is 16.9 Å². The van der Waals surface area contributed by atoms with Gasteiger partial charge in [0.05, 0.1) is 25.5 Å². The topological polar surface area (TPSA) is 67.7 Å². The largest absolute Gasteiger partial charge is 0.394 e. The van der Waals surface area contributed by atoms with Gasteiger partial charge in [-0.25, -0.2) is 4.98 Å². The van der Waals surface area contributed by atoms with Gasteiger partial charge in [0.25, 0.3) is 0 Å². The summed E-state index contributed by atoms with van der Waals surface area (Å²) in [5, 5.41) is 10.1. The van der Waals surface area contributed by atoms with Gasteiger partial charge in [-0.2, -0.15) is 0 Å². The van der Waals surface area contributed by atoms with Gasteiger partial charge in [-0.3, -0.25) is 4.98 Å². The van der Waals surface area contributed by atoms with Crippen LogP contribution >= 0.6 is 11.8 Å². The average molecular weight is 271 g/mol. The molecule has 1 fully saturated rings. The minimum Gasteiger partial charge on any atom is -0.394 e. The molecular weight excluding hydrogens is 254 g/mol. The van der Waals surface area contributed by atoms with E-state index in [1.54, 1.807) is 31.3 Å². The predicted molar refractivity (Wildman–Crippen MR) is 68.8 cm³/mol. The maximum atomic E-state index is 9.22. The average Bonchev–Trinajstić information content (AvgIpc) is 2.46. The number of ether oxygens (including phenoxy) is 2. The Kier molecular flexibility index (Phi) is 4.76. The third-order valence-electron chi connectivity index (χ3n) is 2.74. The van der Waals surface area contributed by atoms with Gasteiger partial charge >= 0.3 is 0 Å². The Morgan fingerprint density at radius 1 is 1.56 bits per heavy atom. The lowest BCUT2D eigenvalue weighted by molar-refractivity contribution is -0.170. The van der Waals surface area contributed by atoms with Crippen LogP contribution in [0.4, 0.5) is 5.82 Å². The van der Waals surface area contributed by atoms with Crippen LogP contribution in [-0.4, -0.2) is 60.5 Å². The minimum absolute atomic E-state index is 0.0357. The number of hydrogen-bond donors (Lipinski definition) is 1. The van der Waals surface area contributed by atoms with Crippen molar-refractivity contribution in [1.82, 2.24) is 9.97 Å². The number of morpholine rings is 1. The summed E-state index contributed by atoms with van der Waals surface area (Å²) in [6.07, 6.45) is 4.79. The molecule has 0 aliphatic carbocycles. The summed E-state index contributed by atoms with van der Waals surface area (Å²) in [6.45, 7) is 1.13. The minimum atomic E-state index is -0.351. The van der Waals surface area contributed by atoms with Crippen LogP contribution in [0.1, 0.15) is 0 Å². The molecule has 0 saturated carbocycles. The third-order valence-corrected chi connectivity index (χ3v) is 3.35. The molecule has 2 rings (SSSR count). The Morgan fingerprint density at radius 3 is 3.06 bits per heavy atom. The van der Waals surface area contributed by atoms with Gasteiger partial charge in [0.2, 0.25) is 0 Å². The van der Waals surface area contributed by atoms with Crippen molar-refractivity contribution in [2.45, 2.75) is 17.4 Å². The van der Waals surface area contributed by atoms with Crippen LogP contribution in [0.2, 0.25) is 0 Å². The molecular formula is C11H17N3O3S. The van der Waals surface area contributed by atoms with Crippen molar-refractivity contribution < 1.29 is 14.6 Å². The Hall–Kier alpha value is -0.890. The van der Waals surface area contributed by atoms with Crippen LogP contribution in [0.25, 0.3) is 0 Å². The first kappa shape index (κ1) is 13.5. The monoisotopic (exact) mass is 271 g/mol. The molecule has 6 nitrogen and oxygen atoms in total. The van der Waals surface area contributed by atoms with E-state index >= 15 is 0 Å². The van der Waals surface area contributed by atoms with E-state index in [-0.39, 0.29) is 19.0 Å². The fourth-order valence-electron chi connectivity index (χ4n) is 1.81. The number of anilines is 1. The molecule has 100 valence electrons. The summed E-state index contributed by atoms with van der Waals surface area (Å²) in [7, 11) is 1.59. The SMILES string of the molecule is CO[C@@H]1CN(c2cncc(SC)n2)C[C@@H](CO)O1. The molecule has 1 aliphatic rings.